The first-order valence-corrected chi connectivity index (χ1v) is 9.26. The molecule has 0 saturated carbocycles. The summed E-state index contributed by atoms with van der Waals surface area (Å²) in [4.78, 5) is 0. The van der Waals surface area contributed by atoms with Crippen molar-refractivity contribution in [2.75, 3.05) is 6.54 Å². The van der Waals surface area contributed by atoms with E-state index in [9.17, 15) is 0 Å². The highest BCUT2D eigenvalue weighted by molar-refractivity contribution is 4.89. The average molecular weight is 284 g/mol. The number of rotatable bonds is 12. The molecule has 3 atom stereocenters. The van der Waals surface area contributed by atoms with Crippen molar-refractivity contribution in [2.24, 2.45) is 28.9 Å². The Bertz CT molecular complexity index is 216. The van der Waals surface area contributed by atoms with Crippen LogP contribution in [0.5, 0.6) is 0 Å². The van der Waals surface area contributed by atoms with Crippen LogP contribution in [-0.2, 0) is 0 Å². The summed E-state index contributed by atoms with van der Waals surface area (Å²) >= 11 is 0. The van der Waals surface area contributed by atoms with Crippen molar-refractivity contribution in [1.82, 2.24) is 0 Å². The lowest BCUT2D eigenvalue weighted by Gasteiger charge is -2.44. The van der Waals surface area contributed by atoms with Crippen molar-refractivity contribution in [3.63, 3.8) is 0 Å². The maximum atomic E-state index is 6.28. The maximum absolute atomic E-state index is 6.28. The van der Waals surface area contributed by atoms with Crippen LogP contribution in [0.1, 0.15) is 92.9 Å². The third-order valence-corrected chi connectivity index (χ3v) is 6.02. The van der Waals surface area contributed by atoms with E-state index in [4.69, 9.17) is 5.73 Å². The predicted molar refractivity (Wildman–Crippen MR) is 92.9 cm³/mol. The van der Waals surface area contributed by atoms with Crippen molar-refractivity contribution in [1.29, 1.82) is 0 Å². The van der Waals surface area contributed by atoms with Gasteiger partial charge in [0, 0.05) is 0 Å². The van der Waals surface area contributed by atoms with Crippen LogP contribution in [0.15, 0.2) is 0 Å². The molecule has 0 aromatic rings. The summed E-state index contributed by atoms with van der Waals surface area (Å²) < 4.78 is 0. The molecule has 0 spiro atoms. The highest BCUT2D eigenvalue weighted by Gasteiger charge is 2.38. The molecule has 0 aromatic heterocycles. The topological polar surface area (TPSA) is 26.0 Å². The van der Waals surface area contributed by atoms with Crippen molar-refractivity contribution in [3.05, 3.63) is 0 Å². The molecule has 122 valence electrons. The molecule has 0 amide bonds. The maximum Gasteiger partial charge on any atom is -0.00180 e. The van der Waals surface area contributed by atoms with E-state index in [2.05, 4.69) is 41.5 Å². The molecular weight excluding hydrogens is 242 g/mol. The summed E-state index contributed by atoms with van der Waals surface area (Å²) in [5.74, 6) is 2.49. The van der Waals surface area contributed by atoms with E-state index in [-0.39, 0.29) is 0 Å². The van der Waals surface area contributed by atoms with Crippen LogP contribution < -0.4 is 5.73 Å². The van der Waals surface area contributed by atoms with Crippen LogP contribution in [-0.4, -0.2) is 6.54 Å². The van der Waals surface area contributed by atoms with Gasteiger partial charge in [0.2, 0.25) is 0 Å². The molecule has 0 fully saturated rings. The molecule has 0 aliphatic rings. The average Bonchev–Trinajstić information content (AvgIpc) is 2.48. The second-order valence-corrected chi connectivity index (χ2v) is 6.84. The van der Waals surface area contributed by atoms with E-state index in [0.29, 0.717) is 5.41 Å². The van der Waals surface area contributed by atoms with E-state index in [1.807, 2.05) is 0 Å². The minimum Gasteiger partial charge on any atom is -0.330 e. The summed E-state index contributed by atoms with van der Waals surface area (Å²) in [5, 5.41) is 0. The fraction of sp³-hybridized carbons (Fsp3) is 1.00. The van der Waals surface area contributed by atoms with Crippen LogP contribution in [0.25, 0.3) is 0 Å². The van der Waals surface area contributed by atoms with Gasteiger partial charge >= 0.3 is 0 Å². The van der Waals surface area contributed by atoms with E-state index in [1.54, 1.807) is 0 Å². The van der Waals surface area contributed by atoms with Gasteiger partial charge < -0.3 is 5.73 Å². The summed E-state index contributed by atoms with van der Waals surface area (Å²) in [7, 11) is 0. The lowest BCUT2D eigenvalue weighted by atomic mass is 9.61. The lowest BCUT2D eigenvalue weighted by molar-refractivity contribution is 0.0607. The van der Waals surface area contributed by atoms with Crippen LogP contribution >= 0.6 is 0 Å². The Morgan fingerprint density at radius 1 is 0.950 bits per heavy atom. The van der Waals surface area contributed by atoms with Gasteiger partial charge in [0.25, 0.3) is 0 Å². The Morgan fingerprint density at radius 3 is 1.90 bits per heavy atom. The molecular formula is C19H41N. The molecule has 0 aliphatic carbocycles. The van der Waals surface area contributed by atoms with E-state index in [1.165, 1.54) is 51.4 Å². The third kappa shape index (κ3) is 5.06. The molecule has 3 unspecified atom stereocenters. The molecule has 0 saturated heterocycles. The normalized spacial score (nSPS) is 18.0. The second kappa shape index (κ2) is 10.7. The van der Waals surface area contributed by atoms with Gasteiger partial charge in [0.05, 0.1) is 0 Å². The Hall–Kier alpha value is -0.0400. The zero-order valence-corrected chi connectivity index (χ0v) is 15.2. The molecule has 2 N–H and O–H groups in total. The Morgan fingerprint density at radius 2 is 1.55 bits per heavy atom. The first-order valence-electron chi connectivity index (χ1n) is 9.26. The van der Waals surface area contributed by atoms with Crippen molar-refractivity contribution >= 4 is 0 Å². The number of nitrogens with two attached hydrogens (primary N) is 1. The van der Waals surface area contributed by atoms with Crippen molar-refractivity contribution in [2.45, 2.75) is 92.9 Å². The standard InChI is InChI=1S/C19H41N/c1-7-12-14-19(11-5,15-20)16(6)18(13-8-2)17(9-3)10-4/h16-18H,7-15,20H2,1-6H3. The molecule has 1 nitrogen and oxygen atoms in total. The van der Waals surface area contributed by atoms with E-state index in [0.717, 1.165) is 24.3 Å². The molecule has 0 aromatic carbocycles. The Balaban J connectivity index is 5.17. The number of unbranched alkanes of at least 4 members (excludes halogenated alkanes) is 1. The summed E-state index contributed by atoms with van der Waals surface area (Å²) in [6.45, 7) is 15.1. The number of hydrogen-bond acceptors (Lipinski definition) is 1. The fourth-order valence-corrected chi connectivity index (χ4v) is 4.26. The quantitative estimate of drug-likeness (QED) is 0.465. The first kappa shape index (κ1) is 20.0. The van der Waals surface area contributed by atoms with Gasteiger partial charge in [-0.15, -0.1) is 0 Å². The molecule has 0 rings (SSSR count). The predicted octanol–water partition coefficient (Wildman–Crippen LogP) is 6.02. The first-order chi connectivity index (χ1) is 9.56. The highest BCUT2D eigenvalue weighted by atomic mass is 14.6. The minimum atomic E-state index is 0.373. The molecule has 20 heavy (non-hydrogen) atoms. The third-order valence-electron chi connectivity index (χ3n) is 6.02. The molecule has 0 aliphatic heterocycles. The zero-order valence-electron chi connectivity index (χ0n) is 15.2. The molecule has 0 radical (unpaired) electrons. The smallest absolute Gasteiger partial charge is 0.00180 e. The van der Waals surface area contributed by atoms with Crippen LogP contribution in [0, 0.1) is 23.2 Å². The molecule has 0 heterocycles. The monoisotopic (exact) mass is 283 g/mol. The highest BCUT2D eigenvalue weighted by Crippen LogP contribution is 2.45. The van der Waals surface area contributed by atoms with Crippen molar-refractivity contribution in [3.8, 4) is 0 Å². The second-order valence-electron chi connectivity index (χ2n) is 6.84. The van der Waals surface area contributed by atoms with Crippen molar-refractivity contribution < 1.29 is 0 Å². The van der Waals surface area contributed by atoms with Gasteiger partial charge in [-0.3, -0.25) is 0 Å². The largest absolute Gasteiger partial charge is 0.330 e. The van der Waals surface area contributed by atoms with Gasteiger partial charge in [-0.25, -0.2) is 0 Å². The lowest BCUT2D eigenvalue weighted by Crippen LogP contribution is -2.41. The van der Waals surface area contributed by atoms with Gasteiger partial charge in [-0.2, -0.15) is 0 Å². The summed E-state index contributed by atoms with van der Waals surface area (Å²) in [6, 6.07) is 0. The van der Waals surface area contributed by atoms with Gasteiger partial charge in [0.15, 0.2) is 0 Å². The van der Waals surface area contributed by atoms with Gasteiger partial charge in [-0.1, -0.05) is 80.1 Å². The van der Waals surface area contributed by atoms with Crippen LogP contribution in [0.4, 0.5) is 0 Å². The Labute approximate surface area is 129 Å². The molecule has 0 bridgehead atoms. The van der Waals surface area contributed by atoms with Crippen LogP contribution in [0.2, 0.25) is 0 Å². The van der Waals surface area contributed by atoms with E-state index >= 15 is 0 Å². The summed E-state index contributed by atoms with van der Waals surface area (Å²) in [5.41, 5.74) is 6.65. The molecule has 1 heteroatoms. The van der Waals surface area contributed by atoms with Gasteiger partial charge in [0.1, 0.15) is 0 Å². The minimum absolute atomic E-state index is 0.373. The summed E-state index contributed by atoms with van der Waals surface area (Å²) in [6.07, 6.45) is 10.5. The fourth-order valence-electron chi connectivity index (χ4n) is 4.26. The van der Waals surface area contributed by atoms with Crippen LogP contribution in [0.3, 0.4) is 0 Å². The van der Waals surface area contributed by atoms with E-state index < -0.39 is 0 Å². The Kier molecular flexibility index (Phi) is 10.6. The SMILES string of the molecule is CCCCC(CC)(CN)C(C)C(CCC)C(CC)CC. The van der Waals surface area contributed by atoms with Gasteiger partial charge in [-0.05, 0) is 42.6 Å². The zero-order chi connectivity index (χ0) is 15.6. The number of hydrogen-bond donors (Lipinski definition) is 1.